The molecule has 0 aliphatic rings. The first-order chi connectivity index (χ1) is 7.18. The van der Waals surface area contributed by atoms with Gasteiger partial charge >= 0.3 is 7.82 Å². The van der Waals surface area contributed by atoms with Crippen molar-refractivity contribution in [1.29, 1.82) is 0 Å². The van der Waals surface area contributed by atoms with Crippen LogP contribution >= 0.6 is 19.6 Å². The summed E-state index contributed by atoms with van der Waals surface area (Å²) in [6.45, 7) is 5.13. The largest absolute Gasteiger partial charge is 0.474 e. The summed E-state index contributed by atoms with van der Waals surface area (Å²) in [7, 11) is -3.32. The van der Waals surface area contributed by atoms with Gasteiger partial charge in [0.25, 0.3) is 0 Å². The van der Waals surface area contributed by atoms with E-state index in [1.54, 1.807) is 13.8 Å². The van der Waals surface area contributed by atoms with E-state index in [2.05, 4.69) is 4.84 Å². The van der Waals surface area contributed by atoms with E-state index in [-0.39, 0.29) is 0 Å². The zero-order valence-electron chi connectivity index (χ0n) is 9.20. The van der Waals surface area contributed by atoms with Gasteiger partial charge in [-0.05, 0) is 38.5 Å². The van der Waals surface area contributed by atoms with Gasteiger partial charge in [0.15, 0.2) is 0 Å². The summed E-state index contributed by atoms with van der Waals surface area (Å²) in [5.74, 6) is 0. The van der Waals surface area contributed by atoms with Gasteiger partial charge in [0.1, 0.15) is 0 Å². The van der Waals surface area contributed by atoms with Crippen molar-refractivity contribution in [2.45, 2.75) is 26.7 Å². The van der Waals surface area contributed by atoms with Crippen molar-refractivity contribution in [3.8, 4) is 0 Å². The van der Waals surface area contributed by atoms with Crippen molar-refractivity contribution in [1.82, 2.24) is 4.84 Å². The van der Waals surface area contributed by atoms with E-state index in [4.69, 9.17) is 25.3 Å². The van der Waals surface area contributed by atoms with E-state index >= 15 is 0 Å². The van der Waals surface area contributed by atoms with E-state index in [1.165, 1.54) is 0 Å². The smallest absolute Gasteiger partial charge is 0.287 e. The van der Waals surface area contributed by atoms with Crippen LogP contribution in [0.1, 0.15) is 26.7 Å². The van der Waals surface area contributed by atoms with Gasteiger partial charge in [-0.25, -0.2) is 9.40 Å². The Morgan fingerprint density at radius 2 is 1.73 bits per heavy atom. The quantitative estimate of drug-likeness (QED) is 0.371. The predicted octanol–water partition coefficient (Wildman–Crippen LogP) is 2.71. The fourth-order valence-corrected chi connectivity index (χ4v) is 2.24. The van der Waals surface area contributed by atoms with E-state index in [9.17, 15) is 4.57 Å². The molecular formula is C8H19ClNO4P. The molecule has 0 aromatic carbocycles. The molecule has 0 amide bonds. The molecule has 7 heteroatoms. The Balaban J connectivity index is 3.71. The third kappa shape index (κ3) is 8.20. The van der Waals surface area contributed by atoms with Gasteiger partial charge in [-0.3, -0.25) is 13.6 Å². The molecule has 0 unspecified atom stereocenters. The van der Waals surface area contributed by atoms with Gasteiger partial charge < -0.3 is 0 Å². The van der Waals surface area contributed by atoms with Gasteiger partial charge in [0.2, 0.25) is 0 Å². The standard InChI is InChI=1S/C8H19ClNO4P/c1-3-12-15(11,13-4-2)14-8-6-5-7-10-9/h10H,3-8H2,1-2H3. The van der Waals surface area contributed by atoms with Gasteiger partial charge in [-0.15, -0.1) is 0 Å². The highest BCUT2D eigenvalue weighted by atomic mass is 35.5. The fraction of sp³-hybridized carbons (Fsp3) is 1.00. The normalized spacial score (nSPS) is 11.9. The zero-order chi connectivity index (χ0) is 11.6. The first-order valence-electron chi connectivity index (χ1n) is 5.05. The zero-order valence-corrected chi connectivity index (χ0v) is 10.9. The van der Waals surface area contributed by atoms with Crippen LogP contribution in [0.2, 0.25) is 0 Å². The number of hydrogen-bond acceptors (Lipinski definition) is 5. The lowest BCUT2D eigenvalue weighted by Crippen LogP contribution is -2.04. The van der Waals surface area contributed by atoms with Gasteiger partial charge in [0.05, 0.1) is 19.8 Å². The molecule has 0 aliphatic heterocycles. The van der Waals surface area contributed by atoms with E-state index in [0.717, 1.165) is 12.8 Å². The Bertz CT molecular complexity index is 183. The molecule has 0 spiro atoms. The summed E-state index contributed by atoms with van der Waals surface area (Å²) in [6.07, 6.45) is 1.60. The third-order valence-corrected chi connectivity index (χ3v) is 3.33. The molecule has 0 bridgehead atoms. The molecule has 1 N–H and O–H groups in total. The van der Waals surface area contributed by atoms with Crippen molar-refractivity contribution in [3.63, 3.8) is 0 Å². The van der Waals surface area contributed by atoms with Crippen LogP contribution < -0.4 is 4.84 Å². The van der Waals surface area contributed by atoms with E-state index < -0.39 is 7.82 Å². The Morgan fingerprint density at radius 1 is 1.13 bits per heavy atom. The molecule has 0 atom stereocenters. The van der Waals surface area contributed by atoms with Crippen molar-refractivity contribution in [2.24, 2.45) is 0 Å². The third-order valence-electron chi connectivity index (χ3n) is 1.49. The second-order valence-electron chi connectivity index (χ2n) is 2.71. The van der Waals surface area contributed by atoms with Crippen molar-refractivity contribution >= 4 is 19.6 Å². The lowest BCUT2D eigenvalue weighted by atomic mass is 10.3. The second kappa shape index (κ2) is 9.58. The maximum Gasteiger partial charge on any atom is 0.474 e. The summed E-state index contributed by atoms with van der Waals surface area (Å²) in [5, 5.41) is 0. The number of phosphoric ester groups is 1. The summed E-state index contributed by atoms with van der Waals surface area (Å²) in [5.41, 5.74) is 0. The van der Waals surface area contributed by atoms with Crippen LogP contribution in [-0.2, 0) is 18.1 Å². The number of halogens is 1. The maximum absolute atomic E-state index is 11.7. The van der Waals surface area contributed by atoms with Crippen LogP contribution in [0.3, 0.4) is 0 Å². The lowest BCUT2D eigenvalue weighted by Gasteiger charge is -2.15. The second-order valence-corrected chi connectivity index (χ2v) is 4.64. The van der Waals surface area contributed by atoms with Gasteiger partial charge in [-0.1, -0.05) is 0 Å². The summed E-state index contributed by atoms with van der Waals surface area (Å²) < 4.78 is 26.7. The molecule has 0 heterocycles. The molecule has 0 radical (unpaired) electrons. The van der Waals surface area contributed by atoms with Crippen LogP contribution in [0.4, 0.5) is 0 Å². The minimum Gasteiger partial charge on any atom is -0.287 e. The van der Waals surface area contributed by atoms with Crippen LogP contribution in [0.5, 0.6) is 0 Å². The van der Waals surface area contributed by atoms with Crippen molar-refractivity contribution in [3.05, 3.63) is 0 Å². The first kappa shape index (κ1) is 15.4. The topological polar surface area (TPSA) is 56.8 Å². The van der Waals surface area contributed by atoms with Crippen molar-refractivity contribution < 1.29 is 18.1 Å². The van der Waals surface area contributed by atoms with Gasteiger partial charge in [0, 0.05) is 6.54 Å². The van der Waals surface area contributed by atoms with Crippen molar-refractivity contribution in [2.75, 3.05) is 26.4 Å². The molecular weight excluding hydrogens is 241 g/mol. The molecule has 15 heavy (non-hydrogen) atoms. The average Bonchev–Trinajstić information content (AvgIpc) is 2.18. The minimum atomic E-state index is -3.32. The Hall–Kier alpha value is 0.360. The Kier molecular flexibility index (Phi) is 9.81. The molecule has 0 rings (SSSR count). The number of phosphoric acid groups is 1. The lowest BCUT2D eigenvalue weighted by molar-refractivity contribution is 0.120. The average molecular weight is 260 g/mol. The summed E-state index contributed by atoms with van der Waals surface area (Å²) in [4.78, 5) is 2.50. The molecule has 5 nitrogen and oxygen atoms in total. The van der Waals surface area contributed by atoms with E-state index in [1.807, 2.05) is 0 Å². The molecule has 92 valence electrons. The summed E-state index contributed by atoms with van der Waals surface area (Å²) in [6, 6.07) is 0. The fourth-order valence-electron chi connectivity index (χ4n) is 0.898. The first-order valence-corrected chi connectivity index (χ1v) is 6.89. The molecule has 0 fully saturated rings. The van der Waals surface area contributed by atoms with Gasteiger partial charge in [-0.2, -0.15) is 0 Å². The number of nitrogens with one attached hydrogen (secondary N) is 1. The molecule has 0 saturated heterocycles. The molecule has 0 aromatic heterocycles. The van der Waals surface area contributed by atoms with E-state index in [0.29, 0.717) is 26.4 Å². The highest BCUT2D eigenvalue weighted by Crippen LogP contribution is 2.49. The van der Waals surface area contributed by atoms with Crippen LogP contribution in [0, 0.1) is 0 Å². The Labute approximate surface area is 96.1 Å². The number of rotatable bonds is 10. The molecule has 0 aromatic rings. The maximum atomic E-state index is 11.7. The van der Waals surface area contributed by atoms with Crippen LogP contribution in [0.25, 0.3) is 0 Å². The number of unbranched alkanes of at least 4 members (excludes halogenated alkanes) is 1. The van der Waals surface area contributed by atoms with Crippen LogP contribution in [-0.4, -0.2) is 26.4 Å². The Morgan fingerprint density at radius 3 is 2.20 bits per heavy atom. The molecule has 0 saturated carbocycles. The minimum absolute atomic E-state index is 0.306. The highest BCUT2D eigenvalue weighted by Gasteiger charge is 2.24. The van der Waals surface area contributed by atoms with Crippen LogP contribution in [0.15, 0.2) is 0 Å². The summed E-state index contributed by atoms with van der Waals surface area (Å²) >= 11 is 5.27. The highest BCUT2D eigenvalue weighted by molar-refractivity contribution is 7.48. The monoisotopic (exact) mass is 259 g/mol. The number of hydrogen-bond donors (Lipinski definition) is 1. The SMILES string of the molecule is CCOP(=O)(OCC)OCCCCNCl. The predicted molar refractivity (Wildman–Crippen MR) is 59.9 cm³/mol. The molecule has 0 aliphatic carbocycles.